The number of carbonyl (C=O) groups is 1. The predicted octanol–water partition coefficient (Wildman–Crippen LogP) is 1.33. The van der Waals surface area contributed by atoms with E-state index in [1.807, 2.05) is 19.1 Å². The van der Waals surface area contributed by atoms with Gasteiger partial charge in [0.15, 0.2) is 0 Å². The summed E-state index contributed by atoms with van der Waals surface area (Å²) in [5, 5.41) is 5.76. The van der Waals surface area contributed by atoms with Gasteiger partial charge in [-0.15, -0.1) is 0 Å². The molecule has 0 fully saturated rings. The van der Waals surface area contributed by atoms with Gasteiger partial charge in [-0.2, -0.15) is 0 Å². The Balaban J connectivity index is 2.37. The molecular weight excluding hydrogens is 190 g/mol. The van der Waals surface area contributed by atoms with Crippen LogP contribution in [0.3, 0.4) is 0 Å². The van der Waals surface area contributed by atoms with Crippen LogP contribution >= 0.6 is 0 Å². The van der Waals surface area contributed by atoms with Crippen molar-refractivity contribution in [1.82, 2.24) is 10.3 Å². The van der Waals surface area contributed by atoms with E-state index >= 15 is 0 Å². The minimum absolute atomic E-state index is 0.0541. The fourth-order valence-corrected chi connectivity index (χ4v) is 1.18. The molecular formula is C11H17N3O. The zero-order valence-corrected chi connectivity index (χ0v) is 9.21. The number of carbonyl (C=O) groups excluding carboxylic acids is 1. The van der Waals surface area contributed by atoms with Crippen molar-refractivity contribution < 1.29 is 4.79 Å². The van der Waals surface area contributed by atoms with Gasteiger partial charge in [-0.25, -0.2) is 4.98 Å². The summed E-state index contributed by atoms with van der Waals surface area (Å²) in [6.45, 7) is 5.15. The molecule has 0 saturated carbocycles. The van der Waals surface area contributed by atoms with Crippen molar-refractivity contribution in [3.05, 3.63) is 23.9 Å². The van der Waals surface area contributed by atoms with Crippen LogP contribution < -0.4 is 10.6 Å². The highest BCUT2D eigenvalue weighted by atomic mass is 16.1. The molecule has 0 saturated heterocycles. The van der Waals surface area contributed by atoms with Crippen molar-refractivity contribution >= 4 is 11.7 Å². The molecule has 4 heteroatoms. The molecule has 1 aromatic heterocycles. The first-order valence-electron chi connectivity index (χ1n) is 5.16. The van der Waals surface area contributed by atoms with Crippen molar-refractivity contribution in [3.8, 4) is 0 Å². The zero-order chi connectivity index (χ0) is 11.1. The average molecular weight is 207 g/mol. The Bertz CT molecular complexity index is 325. The third-order valence-electron chi connectivity index (χ3n) is 1.87. The maximum Gasteiger partial charge on any atom is 0.239 e. The molecule has 15 heavy (non-hydrogen) atoms. The van der Waals surface area contributed by atoms with Crippen LogP contribution in [0.15, 0.2) is 18.2 Å². The Morgan fingerprint density at radius 1 is 1.47 bits per heavy atom. The Morgan fingerprint density at radius 3 is 2.93 bits per heavy atom. The Hall–Kier alpha value is -1.42. The van der Waals surface area contributed by atoms with Gasteiger partial charge in [-0.3, -0.25) is 4.79 Å². The number of amides is 1. The number of hydrogen-bond acceptors (Lipinski definition) is 3. The fraction of sp³-hybridized carbons (Fsp3) is 0.455. The lowest BCUT2D eigenvalue weighted by Crippen LogP contribution is -2.28. The van der Waals surface area contributed by atoms with Crippen LogP contribution in [0, 0.1) is 6.92 Å². The van der Waals surface area contributed by atoms with Crippen LogP contribution in [0.4, 0.5) is 5.82 Å². The summed E-state index contributed by atoms with van der Waals surface area (Å²) in [6, 6.07) is 5.55. The fourth-order valence-electron chi connectivity index (χ4n) is 1.18. The lowest BCUT2D eigenvalue weighted by Gasteiger charge is -2.05. The highest BCUT2D eigenvalue weighted by Crippen LogP contribution is 2.02. The molecule has 0 unspecified atom stereocenters. The molecule has 0 radical (unpaired) electrons. The van der Waals surface area contributed by atoms with Gasteiger partial charge in [0, 0.05) is 5.69 Å². The van der Waals surface area contributed by atoms with Gasteiger partial charge in [0.25, 0.3) is 0 Å². The normalized spacial score (nSPS) is 10.0. The van der Waals surface area contributed by atoms with E-state index in [1.165, 1.54) is 0 Å². The van der Waals surface area contributed by atoms with Gasteiger partial charge < -0.3 is 10.6 Å². The first-order chi connectivity index (χ1) is 7.22. The number of aryl methyl sites for hydroxylation is 1. The molecule has 0 aliphatic rings. The second-order valence-electron chi connectivity index (χ2n) is 3.39. The van der Waals surface area contributed by atoms with E-state index in [0.717, 1.165) is 18.7 Å². The molecule has 1 aromatic rings. The van der Waals surface area contributed by atoms with Crippen molar-refractivity contribution in [2.75, 3.05) is 18.4 Å². The lowest BCUT2D eigenvalue weighted by atomic mass is 10.3. The Labute approximate surface area is 90.1 Å². The molecule has 1 amide bonds. The van der Waals surface area contributed by atoms with Crippen LogP contribution in [0.2, 0.25) is 0 Å². The molecule has 82 valence electrons. The van der Waals surface area contributed by atoms with Gasteiger partial charge in [-0.05, 0) is 32.0 Å². The highest BCUT2D eigenvalue weighted by molar-refractivity contribution is 5.91. The van der Waals surface area contributed by atoms with Gasteiger partial charge >= 0.3 is 0 Å². The third kappa shape index (κ3) is 4.56. The molecule has 2 N–H and O–H groups in total. The zero-order valence-electron chi connectivity index (χ0n) is 9.21. The summed E-state index contributed by atoms with van der Waals surface area (Å²) in [7, 11) is 0. The minimum atomic E-state index is -0.0541. The topological polar surface area (TPSA) is 54.0 Å². The molecule has 1 heterocycles. The monoisotopic (exact) mass is 207 g/mol. The van der Waals surface area contributed by atoms with Gasteiger partial charge in [0.05, 0.1) is 6.54 Å². The largest absolute Gasteiger partial charge is 0.310 e. The summed E-state index contributed by atoms with van der Waals surface area (Å²) in [6.07, 6.45) is 1.02. The number of pyridine rings is 1. The van der Waals surface area contributed by atoms with E-state index in [0.29, 0.717) is 12.4 Å². The molecule has 0 atom stereocenters. The summed E-state index contributed by atoms with van der Waals surface area (Å²) >= 11 is 0. The van der Waals surface area contributed by atoms with E-state index in [-0.39, 0.29) is 5.91 Å². The van der Waals surface area contributed by atoms with Crippen molar-refractivity contribution in [2.24, 2.45) is 0 Å². The van der Waals surface area contributed by atoms with Gasteiger partial charge in [0.2, 0.25) is 5.91 Å². The summed E-state index contributed by atoms with van der Waals surface area (Å²) < 4.78 is 0. The molecule has 0 aromatic carbocycles. The number of nitrogens with one attached hydrogen (secondary N) is 2. The molecule has 0 aliphatic heterocycles. The lowest BCUT2D eigenvalue weighted by molar-refractivity contribution is -0.115. The number of anilines is 1. The standard InChI is InChI=1S/C11H17N3O/c1-3-7-12-8-11(15)14-10-6-4-5-9(2)13-10/h4-6,12H,3,7-8H2,1-2H3,(H,13,14,15). The van der Waals surface area contributed by atoms with Crippen LogP contribution in [-0.2, 0) is 4.79 Å². The minimum Gasteiger partial charge on any atom is -0.310 e. The van der Waals surface area contributed by atoms with Crippen LogP contribution in [0.1, 0.15) is 19.0 Å². The first kappa shape index (κ1) is 11.7. The number of aromatic nitrogens is 1. The summed E-state index contributed by atoms with van der Waals surface area (Å²) in [4.78, 5) is 15.6. The van der Waals surface area contributed by atoms with E-state index < -0.39 is 0 Å². The Kier molecular flexibility index (Phi) is 4.77. The maximum absolute atomic E-state index is 11.4. The SMILES string of the molecule is CCCNCC(=O)Nc1cccc(C)n1. The van der Waals surface area contributed by atoms with Gasteiger partial charge in [0.1, 0.15) is 5.82 Å². The predicted molar refractivity (Wildman–Crippen MR) is 60.8 cm³/mol. The molecule has 0 bridgehead atoms. The second-order valence-corrected chi connectivity index (χ2v) is 3.39. The molecule has 0 spiro atoms. The number of rotatable bonds is 5. The molecule has 4 nitrogen and oxygen atoms in total. The van der Waals surface area contributed by atoms with Crippen molar-refractivity contribution in [3.63, 3.8) is 0 Å². The maximum atomic E-state index is 11.4. The average Bonchev–Trinajstić information content (AvgIpc) is 2.18. The van der Waals surface area contributed by atoms with E-state index in [4.69, 9.17) is 0 Å². The van der Waals surface area contributed by atoms with E-state index in [9.17, 15) is 4.79 Å². The van der Waals surface area contributed by atoms with Crippen molar-refractivity contribution in [1.29, 1.82) is 0 Å². The number of nitrogens with zero attached hydrogens (tertiary/aromatic N) is 1. The van der Waals surface area contributed by atoms with E-state index in [1.54, 1.807) is 6.07 Å². The first-order valence-corrected chi connectivity index (χ1v) is 5.16. The summed E-state index contributed by atoms with van der Waals surface area (Å²) in [5.41, 5.74) is 0.898. The van der Waals surface area contributed by atoms with Crippen LogP contribution in [0.5, 0.6) is 0 Å². The third-order valence-corrected chi connectivity index (χ3v) is 1.87. The second kappa shape index (κ2) is 6.14. The summed E-state index contributed by atoms with van der Waals surface area (Å²) in [5.74, 6) is 0.555. The van der Waals surface area contributed by atoms with E-state index in [2.05, 4.69) is 22.5 Å². The molecule has 0 aliphatic carbocycles. The highest BCUT2D eigenvalue weighted by Gasteiger charge is 2.01. The van der Waals surface area contributed by atoms with Crippen LogP contribution in [0.25, 0.3) is 0 Å². The van der Waals surface area contributed by atoms with Gasteiger partial charge in [-0.1, -0.05) is 13.0 Å². The number of hydrogen-bond donors (Lipinski definition) is 2. The molecule has 1 rings (SSSR count). The Morgan fingerprint density at radius 2 is 2.27 bits per heavy atom. The van der Waals surface area contributed by atoms with Crippen LogP contribution in [-0.4, -0.2) is 24.0 Å². The van der Waals surface area contributed by atoms with Crippen molar-refractivity contribution in [2.45, 2.75) is 20.3 Å². The quantitative estimate of drug-likeness (QED) is 0.716. The smallest absolute Gasteiger partial charge is 0.239 e.